The van der Waals surface area contributed by atoms with Gasteiger partial charge >= 0.3 is 6.03 Å². The molecule has 1 aliphatic rings. The topological polar surface area (TPSA) is 73.7 Å². The van der Waals surface area contributed by atoms with E-state index < -0.39 is 0 Å². The fourth-order valence-electron chi connectivity index (χ4n) is 3.95. The van der Waals surface area contributed by atoms with Crippen LogP contribution in [0.3, 0.4) is 0 Å². The van der Waals surface area contributed by atoms with Crippen LogP contribution < -0.4 is 16.0 Å². The molecule has 158 valence electrons. The summed E-state index contributed by atoms with van der Waals surface area (Å²) in [7, 11) is 0. The first-order valence-corrected chi connectivity index (χ1v) is 10.5. The van der Waals surface area contributed by atoms with Crippen LogP contribution in [0.25, 0.3) is 5.65 Å². The van der Waals surface area contributed by atoms with Crippen molar-refractivity contribution in [3.8, 4) is 0 Å². The predicted molar refractivity (Wildman–Crippen MR) is 121 cm³/mol. The molecule has 0 saturated carbocycles. The highest BCUT2D eigenvalue weighted by molar-refractivity contribution is 5.90. The molecule has 2 aromatic heterocycles. The van der Waals surface area contributed by atoms with E-state index in [1.165, 1.54) is 16.7 Å². The number of piperazine rings is 1. The highest BCUT2D eigenvalue weighted by Gasteiger charge is 2.18. The van der Waals surface area contributed by atoms with Gasteiger partial charge in [0.15, 0.2) is 5.65 Å². The second-order valence-corrected chi connectivity index (χ2v) is 8.01. The van der Waals surface area contributed by atoms with Crippen molar-refractivity contribution in [2.24, 2.45) is 0 Å². The van der Waals surface area contributed by atoms with Gasteiger partial charge in [-0.25, -0.2) is 9.78 Å². The normalized spacial score (nSPS) is 14.2. The lowest BCUT2D eigenvalue weighted by Gasteiger charge is -2.27. The Kier molecular flexibility index (Phi) is 5.63. The Morgan fingerprint density at radius 1 is 1.13 bits per heavy atom. The van der Waals surface area contributed by atoms with Crippen molar-refractivity contribution in [1.29, 1.82) is 0 Å². The van der Waals surface area contributed by atoms with Gasteiger partial charge in [-0.15, -0.1) is 0 Å². The fourth-order valence-corrected chi connectivity index (χ4v) is 3.95. The number of carbonyl (C=O) groups excluding carboxylic acids is 1. The van der Waals surface area contributed by atoms with Crippen LogP contribution >= 0.6 is 0 Å². The summed E-state index contributed by atoms with van der Waals surface area (Å²) in [5.41, 5.74) is 8.40. The van der Waals surface area contributed by atoms with Gasteiger partial charge < -0.3 is 25.3 Å². The zero-order valence-electron chi connectivity index (χ0n) is 18.2. The van der Waals surface area contributed by atoms with E-state index in [0.717, 1.165) is 54.6 Å². The largest absolute Gasteiger partial charge is 0.378 e. The second kappa shape index (κ2) is 8.36. The zero-order valence-corrected chi connectivity index (χ0v) is 18.2. The van der Waals surface area contributed by atoms with Gasteiger partial charge in [-0.05, 0) is 50.5 Å². The quantitative estimate of drug-likeness (QED) is 0.619. The van der Waals surface area contributed by atoms with Gasteiger partial charge in [0.05, 0.1) is 17.1 Å². The minimum absolute atomic E-state index is 0.0639. The summed E-state index contributed by atoms with van der Waals surface area (Å²) in [6.07, 6.45) is 1.95. The molecule has 7 nitrogen and oxygen atoms in total. The van der Waals surface area contributed by atoms with Crippen molar-refractivity contribution in [3.05, 3.63) is 58.5 Å². The molecular weight excluding hydrogens is 376 g/mol. The Hall–Kier alpha value is -3.06. The third-order valence-corrected chi connectivity index (χ3v) is 5.95. The first kappa shape index (κ1) is 20.2. The predicted octanol–water partition coefficient (Wildman–Crippen LogP) is 3.62. The molecule has 0 unspecified atom stereocenters. The number of nitrogens with one attached hydrogen (secondary N) is 3. The van der Waals surface area contributed by atoms with Crippen LogP contribution in [-0.2, 0) is 6.54 Å². The van der Waals surface area contributed by atoms with Crippen LogP contribution in [0.2, 0.25) is 0 Å². The second-order valence-electron chi connectivity index (χ2n) is 8.01. The smallest absolute Gasteiger partial charge is 0.321 e. The summed E-state index contributed by atoms with van der Waals surface area (Å²) in [6, 6.07) is 8.27. The number of amides is 2. The Morgan fingerprint density at radius 2 is 1.83 bits per heavy atom. The summed E-state index contributed by atoms with van der Waals surface area (Å²) in [6.45, 7) is 12.1. The van der Waals surface area contributed by atoms with E-state index >= 15 is 0 Å². The number of hydrogen-bond donors (Lipinski definition) is 3. The number of benzene rings is 1. The van der Waals surface area contributed by atoms with Gasteiger partial charge in [0.25, 0.3) is 0 Å². The van der Waals surface area contributed by atoms with Crippen LogP contribution in [0.4, 0.5) is 16.2 Å². The van der Waals surface area contributed by atoms with Crippen LogP contribution in [0.15, 0.2) is 30.5 Å². The maximum Gasteiger partial charge on any atom is 0.321 e. The molecule has 7 heteroatoms. The fraction of sp³-hybridized carbons (Fsp3) is 0.391. The van der Waals surface area contributed by atoms with Crippen LogP contribution in [0.1, 0.15) is 28.1 Å². The van der Waals surface area contributed by atoms with E-state index in [-0.39, 0.29) is 6.03 Å². The molecule has 30 heavy (non-hydrogen) atoms. The standard InChI is InChI=1S/C23H30N6O/c1-15-6-5-7-16(2)20(15)13-25-21-12-19(14-29-18(4)17(3)26-22(21)29)27-23(30)28-10-8-24-9-11-28/h5-7,12,14,24-25H,8-11,13H2,1-4H3,(H,27,30). The molecule has 1 saturated heterocycles. The number of nitrogens with zero attached hydrogens (tertiary/aromatic N) is 3. The van der Waals surface area contributed by atoms with E-state index in [4.69, 9.17) is 4.98 Å². The van der Waals surface area contributed by atoms with E-state index in [2.05, 4.69) is 52.4 Å². The van der Waals surface area contributed by atoms with Crippen LogP contribution in [-0.4, -0.2) is 46.5 Å². The van der Waals surface area contributed by atoms with Gasteiger partial charge in [-0.2, -0.15) is 0 Å². The number of aromatic nitrogens is 2. The van der Waals surface area contributed by atoms with Gasteiger partial charge in [-0.1, -0.05) is 18.2 Å². The van der Waals surface area contributed by atoms with E-state index in [1.807, 2.05) is 31.0 Å². The van der Waals surface area contributed by atoms with Crippen molar-refractivity contribution in [2.45, 2.75) is 34.2 Å². The molecule has 0 atom stereocenters. The molecule has 0 radical (unpaired) electrons. The Bertz CT molecular complexity index is 1060. The van der Waals surface area contributed by atoms with Crippen molar-refractivity contribution < 1.29 is 4.79 Å². The van der Waals surface area contributed by atoms with E-state index in [1.54, 1.807) is 0 Å². The number of urea groups is 1. The van der Waals surface area contributed by atoms with Crippen molar-refractivity contribution in [3.63, 3.8) is 0 Å². The molecule has 2 amide bonds. The molecule has 3 heterocycles. The summed E-state index contributed by atoms with van der Waals surface area (Å²) in [5.74, 6) is 0. The van der Waals surface area contributed by atoms with Crippen LogP contribution in [0, 0.1) is 27.7 Å². The van der Waals surface area contributed by atoms with Crippen molar-refractivity contribution in [2.75, 3.05) is 36.8 Å². The molecule has 3 aromatic rings. The third-order valence-electron chi connectivity index (χ3n) is 5.95. The lowest BCUT2D eigenvalue weighted by atomic mass is 10.0. The Morgan fingerprint density at radius 3 is 2.53 bits per heavy atom. The van der Waals surface area contributed by atoms with Crippen molar-refractivity contribution in [1.82, 2.24) is 19.6 Å². The minimum atomic E-state index is -0.0639. The number of fused-ring (bicyclic) bond motifs is 1. The number of pyridine rings is 1. The van der Waals surface area contributed by atoms with Gasteiger partial charge in [0, 0.05) is 44.6 Å². The number of aryl methyl sites for hydroxylation is 4. The van der Waals surface area contributed by atoms with Gasteiger partial charge in [-0.3, -0.25) is 0 Å². The maximum absolute atomic E-state index is 12.7. The summed E-state index contributed by atoms with van der Waals surface area (Å²) in [5, 5.41) is 9.91. The third kappa shape index (κ3) is 3.98. The monoisotopic (exact) mass is 406 g/mol. The highest BCUT2D eigenvalue weighted by Crippen LogP contribution is 2.26. The molecule has 0 spiro atoms. The number of carbonyl (C=O) groups is 1. The molecule has 0 aliphatic carbocycles. The Balaban J connectivity index is 1.64. The summed E-state index contributed by atoms with van der Waals surface area (Å²) >= 11 is 0. The number of imidazole rings is 1. The maximum atomic E-state index is 12.7. The summed E-state index contributed by atoms with van der Waals surface area (Å²) in [4.78, 5) is 19.3. The molecule has 0 bridgehead atoms. The first-order chi connectivity index (χ1) is 14.4. The first-order valence-electron chi connectivity index (χ1n) is 10.5. The molecule has 3 N–H and O–H groups in total. The molecule has 1 fully saturated rings. The van der Waals surface area contributed by atoms with Gasteiger partial charge in [0.1, 0.15) is 0 Å². The number of rotatable bonds is 4. The Labute approximate surface area is 177 Å². The van der Waals surface area contributed by atoms with Crippen molar-refractivity contribution >= 4 is 23.1 Å². The lowest BCUT2D eigenvalue weighted by molar-refractivity contribution is 0.204. The number of anilines is 2. The highest BCUT2D eigenvalue weighted by atomic mass is 16.2. The average molecular weight is 407 g/mol. The minimum Gasteiger partial charge on any atom is -0.378 e. The molecule has 1 aromatic carbocycles. The molecule has 4 rings (SSSR count). The number of hydrogen-bond acceptors (Lipinski definition) is 4. The lowest BCUT2D eigenvalue weighted by Crippen LogP contribution is -2.48. The SMILES string of the molecule is Cc1cccc(C)c1CNc1cc(NC(=O)N2CCNCC2)cn2c(C)c(C)nc12. The van der Waals surface area contributed by atoms with E-state index in [9.17, 15) is 4.79 Å². The molecule has 1 aliphatic heterocycles. The van der Waals surface area contributed by atoms with Crippen LogP contribution in [0.5, 0.6) is 0 Å². The zero-order chi connectivity index (χ0) is 21.3. The average Bonchev–Trinajstić information content (AvgIpc) is 3.02. The molecular formula is C23H30N6O. The van der Waals surface area contributed by atoms with Gasteiger partial charge in [0.2, 0.25) is 0 Å². The summed E-state index contributed by atoms with van der Waals surface area (Å²) < 4.78 is 2.05. The van der Waals surface area contributed by atoms with E-state index in [0.29, 0.717) is 6.54 Å².